The Bertz CT molecular complexity index is 538. The van der Waals surface area contributed by atoms with E-state index in [1.807, 2.05) is 6.07 Å². The van der Waals surface area contributed by atoms with Crippen LogP contribution in [0.25, 0.3) is 0 Å². The summed E-state index contributed by atoms with van der Waals surface area (Å²) >= 11 is 0. The minimum absolute atomic E-state index is 0.752. The van der Waals surface area contributed by atoms with E-state index in [9.17, 15) is 0 Å². The Hall–Kier alpha value is -1.37. The SMILES string of the molecule is CNC1CCC(CCN2CCc3ccc(C#N)cc3C2)CC1. The van der Waals surface area contributed by atoms with E-state index in [1.54, 1.807) is 0 Å². The van der Waals surface area contributed by atoms with Crippen LogP contribution in [0.2, 0.25) is 0 Å². The molecule has 3 nitrogen and oxygen atoms in total. The topological polar surface area (TPSA) is 39.1 Å². The number of nitrogens with one attached hydrogen (secondary N) is 1. The number of rotatable bonds is 4. The van der Waals surface area contributed by atoms with Crippen molar-refractivity contribution in [1.29, 1.82) is 5.26 Å². The van der Waals surface area contributed by atoms with E-state index in [0.717, 1.165) is 30.5 Å². The molecule has 118 valence electrons. The first-order valence-corrected chi connectivity index (χ1v) is 8.70. The predicted octanol–water partition coefficient (Wildman–Crippen LogP) is 3.08. The van der Waals surface area contributed by atoms with Crippen molar-refractivity contribution in [1.82, 2.24) is 10.2 Å². The highest BCUT2D eigenvalue weighted by Crippen LogP contribution is 2.28. The van der Waals surface area contributed by atoms with Crippen LogP contribution in [0.3, 0.4) is 0 Å². The molecule has 0 saturated heterocycles. The number of hydrogen-bond acceptors (Lipinski definition) is 3. The van der Waals surface area contributed by atoms with Crippen molar-refractivity contribution in [3.63, 3.8) is 0 Å². The molecule has 1 aromatic carbocycles. The fraction of sp³-hybridized carbons (Fsp3) is 0.632. The van der Waals surface area contributed by atoms with Gasteiger partial charge >= 0.3 is 0 Å². The average molecular weight is 297 g/mol. The molecule has 0 bridgehead atoms. The molecular formula is C19H27N3. The first-order chi connectivity index (χ1) is 10.8. The molecular weight excluding hydrogens is 270 g/mol. The smallest absolute Gasteiger partial charge is 0.0991 e. The van der Waals surface area contributed by atoms with Crippen LogP contribution >= 0.6 is 0 Å². The quantitative estimate of drug-likeness (QED) is 0.928. The van der Waals surface area contributed by atoms with Crippen molar-refractivity contribution in [2.45, 2.75) is 51.1 Å². The molecule has 0 aromatic heterocycles. The van der Waals surface area contributed by atoms with Gasteiger partial charge in [0.15, 0.2) is 0 Å². The summed E-state index contributed by atoms with van der Waals surface area (Å²) in [5, 5.41) is 12.5. The number of nitriles is 1. The molecule has 1 N–H and O–H groups in total. The van der Waals surface area contributed by atoms with Gasteiger partial charge in [0.05, 0.1) is 11.6 Å². The highest BCUT2D eigenvalue weighted by atomic mass is 15.1. The van der Waals surface area contributed by atoms with Crippen molar-refractivity contribution in [2.24, 2.45) is 5.92 Å². The van der Waals surface area contributed by atoms with Crippen LogP contribution in [0.15, 0.2) is 18.2 Å². The van der Waals surface area contributed by atoms with Gasteiger partial charge in [-0.05, 0) is 81.3 Å². The van der Waals surface area contributed by atoms with Gasteiger partial charge in [-0.1, -0.05) is 6.07 Å². The van der Waals surface area contributed by atoms with Crippen molar-refractivity contribution in [2.75, 3.05) is 20.1 Å². The van der Waals surface area contributed by atoms with Gasteiger partial charge in [0.1, 0.15) is 0 Å². The molecule has 3 heteroatoms. The molecule has 1 fully saturated rings. The van der Waals surface area contributed by atoms with E-state index in [1.165, 1.54) is 56.3 Å². The lowest BCUT2D eigenvalue weighted by Gasteiger charge is -2.32. The van der Waals surface area contributed by atoms with Gasteiger partial charge in [0.2, 0.25) is 0 Å². The highest BCUT2D eigenvalue weighted by Gasteiger charge is 2.22. The summed E-state index contributed by atoms with van der Waals surface area (Å²) in [5.41, 5.74) is 3.60. The summed E-state index contributed by atoms with van der Waals surface area (Å²) in [4.78, 5) is 2.58. The Balaban J connectivity index is 1.49. The summed E-state index contributed by atoms with van der Waals surface area (Å²) in [6, 6.07) is 9.19. The zero-order valence-electron chi connectivity index (χ0n) is 13.6. The van der Waals surface area contributed by atoms with Crippen molar-refractivity contribution in [3.05, 3.63) is 34.9 Å². The second kappa shape index (κ2) is 7.26. The van der Waals surface area contributed by atoms with Crippen molar-refractivity contribution in [3.8, 4) is 6.07 Å². The third-order valence-corrected chi connectivity index (χ3v) is 5.54. The van der Waals surface area contributed by atoms with E-state index < -0.39 is 0 Å². The molecule has 1 aliphatic carbocycles. The highest BCUT2D eigenvalue weighted by molar-refractivity contribution is 5.39. The Kier molecular flexibility index (Phi) is 5.12. The number of nitrogens with zero attached hydrogens (tertiary/aromatic N) is 2. The van der Waals surface area contributed by atoms with Crippen molar-refractivity contribution >= 4 is 0 Å². The summed E-state index contributed by atoms with van der Waals surface area (Å²) < 4.78 is 0. The standard InChI is InChI=1S/C19H27N3/c1-21-19-6-3-15(4-7-19)8-10-22-11-9-17-5-2-16(13-20)12-18(17)14-22/h2,5,12,15,19,21H,3-4,6-11,14H2,1H3. The minimum atomic E-state index is 0.752. The van der Waals surface area contributed by atoms with Crippen LogP contribution < -0.4 is 5.32 Å². The van der Waals surface area contributed by atoms with Gasteiger partial charge in [-0.15, -0.1) is 0 Å². The second-order valence-corrected chi connectivity index (χ2v) is 6.92. The van der Waals surface area contributed by atoms with E-state index in [4.69, 9.17) is 5.26 Å². The molecule has 1 aromatic rings. The maximum Gasteiger partial charge on any atom is 0.0991 e. The molecule has 0 radical (unpaired) electrons. The summed E-state index contributed by atoms with van der Waals surface area (Å²) in [5.74, 6) is 0.913. The summed E-state index contributed by atoms with van der Waals surface area (Å²) in [6.07, 6.45) is 7.92. The predicted molar refractivity (Wildman–Crippen MR) is 89.6 cm³/mol. The molecule has 0 atom stereocenters. The van der Waals surface area contributed by atoms with Gasteiger partial charge < -0.3 is 5.32 Å². The molecule has 2 aliphatic rings. The van der Waals surface area contributed by atoms with Crippen LogP contribution in [0.4, 0.5) is 0 Å². The molecule has 22 heavy (non-hydrogen) atoms. The minimum Gasteiger partial charge on any atom is -0.317 e. The molecule has 1 heterocycles. The molecule has 3 rings (SSSR count). The average Bonchev–Trinajstić information content (AvgIpc) is 2.59. The van der Waals surface area contributed by atoms with Gasteiger partial charge in [0, 0.05) is 19.1 Å². The van der Waals surface area contributed by atoms with E-state index in [2.05, 4.69) is 35.5 Å². The molecule has 1 aliphatic heterocycles. The fourth-order valence-electron chi connectivity index (χ4n) is 3.98. The Morgan fingerprint density at radius 1 is 1.23 bits per heavy atom. The first kappa shape index (κ1) is 15.5. The van der Waals surface area contributed by atoms with Gasteiger partial charge in [-0.25, -0.2) is 0 Å². The molecule has 1 saturated carbocycles. The van der Waals surface area contributed by atoms with E-state index >= 15 is 0 Å². The fourth-order valence-corrected chi connectivity index (χ4v) is 3.98. The van der Waals surface area contributed by atoms with Crippen LogP contribution in [-0.4, -0.2) is 31.1 Å². The number of benzene rings is 1. The zero-order valence-corrected chi connectivity index (χ0v) is 13.6. The van der Waals surface area contributed by atoms with Crippen LogP contribution in [0.5, 0.6) is 0 Å². The lowest BCUT2D eigenvalue weighted by Crippen LogP contribution is -2.34. The Morgan fingerprint density at radius 3 is 2.77 bits per heavy atom. The maximum absolute atomic E-state index is 9.05. The second-order valence-electron chi connectivity index (χ2n) is 6.92. The molecule has 0 unspecified atom stereocenters. The Labute approximate surface area is 134 Å². The van der Waals surface area contributed by atoms with E-state index in [0.29, 0.717) is 0 Å². The maximum atomic E-state index is 9.05. The van der Waals surface area contributed by atoms with Gasteiger partial charge in [-0.2, -0.15) is 5.26 Å². The van der Waals surface area contributed by atoms with Crippen LogP contribution in [0, 0.1) is 17.2 Å². The van der Waals surface area contributed by atoms with Crippen LogP contribution in [0.1, 0.15) is 48.8 Å². The van der Waals surface area contributed by atoms with E-state index in [-0.39, 0.29) is 0 Å². The Morgan fingerprint density at radius 2 is 2.05 bits per heavy atom. The number of hydrogen-bond donors (Lipinski definition) is 1. The monoisotopic (exact) mass is 297 g/mol. The van der Waals surface area contributed by atoms with Gasteiger partial charge in [0.25, 0.3) is 0 Å². The first-order valence-electron chi connectivity index (χ1n) is 8.70. The lowest BCUT2D eigenvalue weighted by atomic mass is 9.84. The lowest BCUT2D eigenvalue weighted by molar-refractivity contribution is 0.208. The van der Waals surface area contributed by atoms with Crippen LogP contribution in [-0.2, 0) is 13.0 Å². The van der Waals surface area contributed by atoms with Gasteiger partial charge in [-0.3, -0.25) is 4.90 Å². The molecule has 0 amide bonds. The summed E-state index contributed by atoms with van der Waals surface area (Å²) in [7, 11) is 2.09. The zero-order chi connectivity index (χ0) is 15.4. The largest absolute Gasteiger partial charge is 0.317 e. The number of fused-ring (bicyclic) bond motifs is 1. The molecule has 0 spiro atoms. The third-order valence-electron chi connectivity index (χ3n) is 5.54. The normalized spacial score (nSPS) is 25.5. The van der Waals surface area contributed by atoms with Crippen molar-refractivity contribution < 1.29 is 0 Å². The summed E-state index contributed by atoms with van der Waals surface area (Å²) in [6.45, 7) is 3.41. The third kappa shape index (κ3) is 3.69.